The van der Waals surface area contributed by atoms with Crippen LogP contribution in [-0.4, -0.2) is 30.0 Å². The van der Waals surface area contributed by atoms with Crippen molar-refractivity contribution in [3.63, 3.8) is 0 Å². The van der Waals surface area contributed by atoms with Gasteiger partial charge in [-0.1, -0.05) is 20.3 Å². The van der Waals surface area contributed by atoms with Crippen LogP contribution < -0.4 is 5.32 Å². The average molecular weight is 378 g/mol. The van der Waals surface area contributed by atoms with Gasteiger partial charge >= 0.3 is 6.09 Å². The van der Waals surface area contributed by atoms with Crippen LogP contribution in [0.3, 0.4) is 0 Å². The highest BCUT2D eigenvalue weighted by Gasteiger charge is 2.58. The number of nitrogens with one attached hydrogen (secondary N) is 1. The molecular formula is C23H39NO3. The van der Waals surface area contributed by atoms with Gasteiger partial charge in [-0.2, -0.15) is 0 Å². The van der Waals surface area contributed by atoms with Gasteiger partial charge in [-0.25, -0.2) is 4.79 Å². The first-order chi connectivity index (χ1) is 12.8. The molecule has 0 radical (unpaired) electrons. The van der Waals surface area contributed by atoms with E-state index < -0.39 is 6.10 Å². The fourth-order valence-corrected chi connectivity index (χ4v) is 7.74. The topological polar surface area (TPSA) is 58.6 Å². The van der Waals surface area contributed by atoms with Crippen LogP contribution in [-0.2, 0) is 4.74 Å². The van der Waals surface area contributed by atoms with E-state index in [4.69, 9.17) is 4.74 Å². The second kappa shape index (κ2) is 7.24. The predicted molar refractivity (Wildman–Crippen MR) is 106 cm³/mol. The van der Waals surface area contributed by atoms with Gasteiger partial charge in [-0.3, -0.25) is 0 Å². The summed E-state index contributed by atoms with van der Waals surface area (Å²) in [6.07, 6.45) is 12.3. The van der Waals surface area contributed by atoms with Crippen molar-refractivity contribution in [1.29, 1.82) is 0 Å². The van der Waals surface area contributed by atoms with Crippen molar-refractivity contribution in [1.82, 2.24) is 5.32 Å². The molecule has 0 aliphatic heterocycles. The first kappa shape index (κ1) is 19.5. The lowest BCUT2D eigenvalue weighted by molar-refractivity contribution is -0.121. The Balaban J connectivity index is 1.39. The summed E-state index contributed by atoms with van der Waals surface area (Å²) in [7, 11) is 0. The van der Waals surface area contributed by atoms with Gasteiger partial charge in [0.2, 0.25) is 0 Å². The molecule has 1 amide bonds. The molecule has 0 aromatic heterocycles. The Labute approximate surface area is 164 Å². The summed E-state index contributed by atoms with van der Waals surface area (Å²) in [6.45, 7) is 7.07. The first-order valence-electron chi connectivity index (χ1n) is 11.4. The molecule has 0 saturated heterocycles. The van der Waals surface area contributed by atoms with Gasteiger partial charge in [0.15, 0.2) is 0 Å². The van der Waals surface area contributed by atoms with Crippen LogP contribution >= 0.6 is 0 Å². The summed E-state index contributed by atoms with van der Waals surface area (Å²) >= 11 is 0. The molecule has 27 heavy (non-hydrogen) atoms. The number of carbonyl (C=O) groups is 1. The van der Waals surface area contributed by atoms with Crippen molar-refractivity contribution in [3.8, 4) is 0 Å². The summed E-state index contributed by atoms with van der Waals surface area (Å²) in [5.41, 5.74) is 1.08. The third-order valence-corrected chi connectivity index (χ3v) is 9.21. The van der Waals surface area contributed by atoms with E-state index in [9.17, 15) is 9.90 Å². The second-order valence-corrected chi connectivity index (χ2v) is 10.8. The van der Waals surface area contributed by atoms with E-state index in [0.717, 1.165) is 30.6 Å². The molecule has 4 nitrogen and oxygen atoms in total. The molecule has 0 heterocycles. The van der Waals surface area contributed by atoms with Crippen molar-refractivity contribution in [2.75, 3.05) is 6.54 Å². The van der Waals surface area contributed by atoms with E-state index in [0.29, 0.717) is 16.7 Å². The zero-order valence-electron chi connectivity index (χ0n) is 17.5. The lowest BCUT2D eigenvalue weighted by Crippen LogP contribution is -2.53. The standard InChI is InChI=1S/C23H39NO3/c1-15(25)14-24-21(26)27-17-8-12-23(3)16(13-17)6-7-18-19-5-4-10-22(19,2)11-9-20(18)23/h15-20,25H,4-14H2,1-3H3,(H,24,26)/t15?,16?,17?,18-,19-,20+,22-,23-/m0/s1. The lowest BCUT2D eigenvalue weighted by atomic mass is 9.45. The first-order valence-corrected chi connectivity index (χ1v) is 11.4. The van der Waals surface area contributed by atoms with Crippen LogP contribution in [0.25, 0.3) is 0 Å². The smallest absolute Gasteiger partial charge is 0.407 e. The van der Waals surface area contributed by atoms with Crippen LogP contribution in [0.4, 0.5) is 4.79 Å². The van der Waals surface area contributed by atoms with Gasteiger partial charge in [0.25, 0.3) is 0 Å². The number of amides is 1. The van der Waals surface area contributed by atoms with Gasteiger partial charge in [0.1, 0.15) is 6.10 Å². The predicted octanol–water partition coefficient (Wildman–Crippen LogP) is 4.89. The molecule has 4 aliphatic carbocycles. The number of carbonyl (C=O) groups excluding carboxylic acids is 1. The summed E-state index contributed by atoms with van der Waals surface area (Å²) in [5, 5.41) is 12.0. The van der Waals surface area contributed by atoms with Crippen LogP contribution in [0.2, 0.25) is 0 Å². The number of aliphatic hydroxyl groups excluding tert-OH is 1. The molecule has 4 saturated carbocycles. The number of fused-ring (bicyclic) bond motifs is 5. The molecular weight excluding hydrogens is 338 g/mol. The molecule has 8 atom stereocenters. The second-order valence-electron chi connectivity index (χ2n) is 10.8. The summed E-state index contributed by atoms with van der Waals surface area (Å²) < 4.78 is 5.70. The Morgan fingerprint density at radius 1 is 1.11 bits per heavy atom. The van der Waals surface area contributed by atoms with E-state index in [-0.39, 0.29) is 18.7 Å². The maximum absolute atomic E-state index is 12.0. The average Bonchev–Trinajstić information content (AvgIpc) is 3.02. The zero-order valence-corrected chi connectivity index (χ0v) is 17.5. The molecule has 154 valence electrons. The minimum atomic E-state index is -0.532. The fourth-order valence-electron chi connectivity index (χ4n) is 7.74. The Morgan fingerprint density at radius 2 is 1.93 bits per heavy atom. The molecule has 0 aromatic rings. The van der Waals surface area contributed by atoms with Crippen LogP contribution in [0.5, 0.6) is 0 Å². The maximum Gasteiger partial charge on any atom is 0.407 e. The van der Waals surface area contributed by atoms with Gasteiger partial charge in [0.05, 0.1) is 6.10 Å². The molecule has 2 N–H and O–H groups in total. The Bertz CT molecular complexity index is 564. The molecule has 0 spiro atoms. The molecule has 4 aliphatic rings. The fraction of sp³-hybridized carbons (Fsp3) is 0.957. The maximum atomic E-state index is 12.0. The third kappa shape index (κ3) is 3.52. The minimum Gasteiger partial charge on any atom is -0.446 e. The normalized spacial score (nSPS) is 47.3. The van der Waals surface area contributed by atoms with Gasteiger partial charge in [-0.15, -0.1) is 0 Å². The van der Waals surface area contributed by atoms with Crippen LogP contribution in [0.1, 0.15) is 85.0 Å². The number of hydrogen-bond acceptors (Lipinski definition) is 3. The molecule has 0 aromatic carbocycles. The SMILES string of the molecule is CC(O)CNC(=O)OC1CC[C@@]2(C)C(CC[C@@H]3[C@H]2CC[C@]2(C)CCC[C@@H]32)C1. The third-order valence-electron chi connectivity index (χ3n) is 9.21. The van der Waals surface area contributed by atoms with Crippen molar-refractivity contribution in [3.05, 3.63) is 0 Å². The molecule has 4 heteroatoms. The Morgan fingerprint density at radius 3 is 2.70 bits per heavy atom. The van der Waals surface area contributed by atoms with Crippen molar-refractivity contribution in [2.45, 2.75) is 97.2 Å². The van der Waals surface area contributed by atoms with Crippen molar-refractivity contribution in [2.24, 2.45) is 34.5 Å². The Kier molecular flexibility index (Phi) is 5.24. The Hall–Kier alpha value is -0.770. The van der Waals surface area contributed by atoms with Crippen molar-refractivity contribution < 1.29 is 14.6 Å². The largest absolute Gasteiger partial charge is 0.446 e. The minimum absolute atomic E-state index is 0.0500. The van der Waals surface area contributed by atoms with E-state index in [1.807, 2.05) is 0 Å². The summed E-state index contributed by atoms with van der Waals surface area (Å²) in [5.74, 6) is 3.50. The lowest BCUT2D eigenvalue weighted by Gasteiger charge is -2.60. The number of rotatable bonds is 3. The number of aliphatic hydroxyl groups is 1. The van der Waals surface area contributed by atoms with Crippen LogP contribution in [0, 0.1) is 34.5 Å². The molecule has 4 fully saturated rings. The van der Waals surface area contributed by atoms with Gasteiger partial charge in [-0.05, 0) is 99.2 Å². The van der Waals surface area contributed by atoms with Gasteiger partial charge in [0, 0.05) is 6.54 Å². The van der Waals surface area contributed by atoms with E-state index in [1.165, 1.54) is 51.4 Å². The molecule has 0 bridgehead atoms. The highest BCUT2D eigenvalue weighted by molar-refractivity contribution is 5.67. The zero-order chi connectivity index (χ0) is 19.2. The highest BCUT2D eigenvalue weighted by Crippen LogP contribution is 2.66. The van der Waals surface area contributed by atoms with Gasteiger partial charge < -0.3 is 15.2 Å². The quantitative estimate of drug-likeness (QED) is 0.736. The summed E-state index contributed by atoms with van der Waals surface area (Å²) in [6, 6.07) is 0. The van der Waals surface area contributed by atoms with Crippen LogP contribution in [0.15, 0.2) is 0 Å². The van der Waals surface area contributed by atoms with E-state index in [2.05, 4.69) is 19.2 Å². The number of alkyl carbamates (subject to hydrolysis) is 1. The summed E-state index contributed by atoms with van der Waals surface area (Å²) in [4.78, 5) is 12.0. The monoisotopic (exact) mass is 377 g/mol. The van der Waals surface area contributed by atoms with E-state index >= 15 is 0 Å². The molecule has 3 unspecified atom stereocenters. The highest BCUT2D eigenvalue weighted by atomic mass is 16.6. The molecule has 4 rings (SSSR count). The van der Waals surface area contributed by atoms with E-state index in [1.54, 1.807) is 6.92 Å². The number of hydrogen-bond donors (Lipinski definition) is 2. The van der Waals surface area contributed by atoms with Crippen molar-refractivity contribution >= 4 is 6.09 Å². The number of ether oxygens (including phenoxy) is 1.